The Morgan fingerprint density at radius 1 is 1.18 bits per heavy atom. The van der Waals surface area contributed by atoms with Crippen molar-refractivity contribution in [3.63, 3.8) is 0 Å². The van der Waals surface area contributed by atoms with Gasteiger partial charge in [0.15, 0.2) is 0 Å². The number of benzene rings is 1. The van der Waals surface area contributed by atoms with Crippen LogP contribution < -0.4 is 16.7 Å². The monoisotopic (exact) mass is 452 g/mol. The lowest BCUT2D eigenvalue weighted by Crippen LogP contribution is -2.52. The molecule has 1 saturated carbocycles. The van der Waals surface area contributed by atoms with Gasteiger partial charge in [-0.3, -0.25) is 9.47 Å². The van der Waals surface area contributed by atoms with Crippen molar-refractivity contribution in [3.05, 3.63) is 34.2 Å². The first-order valence-corrected chi connectivity index (χ1v) is 12.5. The number of likely N-dealkylation sites (tertiary alicyclic amines) is 1. The first-order chi connectivity index (χ1) is 16.1. The van der Waals surface area contributed by atoms with Crippen molar-refractivity contribution in [1.82, 2.24) is 19.4 Å². The highest BCUT2D eigenvalue weighted by molar-refractivity contribution is 5.90. The van der Waals surface area contributed by atoms with Crippen LogP contribution in [0.3, 0.4) is 0 Å². The van der Waals surface area contributed by atoms with Crippen LogP contribution in [0.5, 0.6) is 0 Å². The predicted molar refractivity (Wildman–Crippen MR) is 129 cm³/mol. The van der Waals surface area contributed by atoms with Crippen LogP contribution in [0.1, 0.15) is 63.9 Å². The van der Waals surface area contributed by atoms with Crippen molar-refractivity contribution in [2.45, 2.75) is 76.9 Å². The Bertz CT molecular complexity index is 1070. The van der Waals surface area contributed by atoms with Gasteiger partial charge in [0.2, 0.25) is 0 Å². The lowest BCUT2D eigenvalue weighted by atomic mass is 9.81. The largest absolute Gasteiger partial charge is 0.337 e. The number of aryl methyl sites for hydroxylation is 1. The smallest absolute Gasteiger partial charge is 0.334 e. The minimum atomic E-state index is -0.383. The third-order valence-electron chi connectivity index (χ3n) is 7.56. The SMILES string of the molecule is CCn1c(=O)n(C(=O)NC2CCN(C(CCN)C3CCCCC3)CC2)c2ccc(C#N)cc21. The van der Waals surface area contributed by atoms with Gasteiger partial charge < -0.3 is 11.1 Å². The molecule has 2 aromatic rings. The summed E-state index contributed by atoms with van der Waals surface area (Å²) in [6.07, 6.45) is 9.41. The standard InChI is InChI=1S/C25H36N6O2/c1-2-30-23-16-18(17-27)8-9-22(23)31(25(30)33)24(32)28-20-11-14-29(15-12-20)21(10-13-26)19-6-4-3-5-7-19/h8-9,16,19-21H,2-7,10-15,26H2,1H3,(H,28,32). The number of fused-ring (bicyclic) bond motifs is 1. The molecule has 1 aliphatic carbocycles. The van der Waals surface area contributed by atoms with E-state index >= 15 is 0 Å². The number of hydrogen-bond acceptors (Lipinski definition) is 5. The van der Waals surface area contributed by atoms with Gasteiger partial charge in [0.1, 0.15) is 0 Å². The molecule has 1 aromatic heterocycles. The highest BCUT2D eigenvalue weighted by atomic mass is 16.2. The Morgan fingerprint density at radius 2 is 1.91 bits per heavy atom. The zero-order chi connectivity index (χ0) is 23.4. The highest BCUT2D eigenvalue weighted by Crippen LogP contribution is 2.32. The van der Waals surface area contributed by atoms with E-state index < -0.39 is 0 Å². The molecule has 8 heteroatoms. The molecule has 1 aliphatic heterocycles. The molecule has 3 N–H and O–H groups in total. The topological polar surface area (TPSA) is 109 Å². The van der Waals surface area contributed by atoms with Crippen LogP contribution in [0.4, 0.5) is 4.79 Å². The summed E-state index contributed by atoms with van der Waals surface area (Å²) in [6, 6.07) is 7.32. The summed E-state index contributed by atoms with van der Waals surface area (Å²) in [6.45, 7) is 4.91. The lowest BCUT2D eigenvalue weighted by molar-refractivity contribution is 0.0827. The third kappa shape index (κ3) is 4.85. The van der Waals surface area contributed by atoms with Crippen LogP contribution >= 0.6 is 0 Å². The summed E-state index contributed by atoms with van der Waals surface area (Å²) >= 11 is 0. The number of nitriles is 1. The average Bonchev–Trinajstić information content (AvgIpc) is 3.13. The van der Waals surface area contributed by atoms with E-state index in [0.29, 0.717) is 29.2 Å². The van der Waals surface area contributed by atoms with Gasteiger partial charge in [-0.15, -0.1) is 0 Å². The molecular formula is C25H36N6O2. The number of carbonyl (C=O) groups is 1. The second-order valence-corrected chi connectivity index (χ2v) is 9.48. The Kier molecular flexibility index (Phi) is 7.51. The molecule has 4 rings (SSSR count). The van der Waals surface area contributed by atoms with Gasteiger partial charge in [0.25, 0.3) is 0 Å². The fourth-order valence-electron chi connectivity index (χ4n) is 5.85. The van der Waals surface area contributed by atoms with Gasteiger partial charge in [-0.05, 0) is 69.7 Å². The van der Waals surface area contributed by atoms with Crippen LogP contribution in [-0.2, 0) is 6.54 Å². The number of nitrogens with two attached hydrogens (primary N) is 1. The molecule has 0 radical (unpaired) electrons. The van der Waals surface area contributed by atoms with E-state index in [4.69, 9.17) is 5.73 Å². The quantitative estimate of drug-likeness (QED) is 0.700. The second kappa shape index (κ2) is 10.5. The van der Waals surface area contributed by atoms with Gasteiger partial charge in [0, 0.05) is 31.7 Å². The van der Waals surface area contributed by atoms with Crippen LogP contribution in [0.15, 0.2) is 23.0 Å². The van der Waals surface area contributed by atoms with Crippen molar-refractivity contribution < 1.29 is 4.79 Å². The minimum Gasteiger partial charge on any atom is -0.334 e. The lowest BCUT2D eigenvalue weighted by Gasteiger charge is -2.42. The van der Waals surface area contributed by atoms with Crippen LogP contribution in [0, 0.1) is 17.2 Å². The molecule has 1 saturated heterocycles. The number of piperidine rings is 1. The Balaban J connectivity index is 1.44. The van der Waals surface area contributed by atoms with E-state index in [9.17, 15) is 14.9 Å². The molecule has 33 heavy (non-hydrogen) atoms. The summed E-state index contributed by atoms with van der Waals surface area (Å²) in [4.78, 5) is 28.7. The number of amides is 1. The van der Waals surface area contributed by atoms with Gasteiger partial charge >= 0.3 is 11.7 Å². The second-order valence-electron chi connectivity index (χ2n) is 9.48. The first kappa shape index (κ1) is 23.5. The molecule has 0 bridgehead atoms. The zero-order valence-electron chi connectivity index (χ0n) is 19.6. The number of nitrogens with one attached hydrogen (secondary N) is 1. The number of hydrogen-bond donors (Lipinski definition) is 2. The average molecular weight is 453 g/mol. The first-order valence-electron chi connectivity index (χ1n) is 12.5. The molecule has 1 atom stereocenters. The Hall–Kier alpha value is -2.63. The van der Waals surface area contributed by atoms with Crippen LogP contribution in [-0.4, -0.2) is 51.8 Å². The zero-order valence-corrected chi connectivity index (χ0v) is 19.6. The number of imidazole rings is 1. The van der Waals surface area contributed by atoms with E-state index in [2.05, 4.69) is 16.3 Å². The normalized spacial score (nSPS) is 19.4. The van der Waals surface area contributed by atoms with Crippen molar-refractivity contribution in [1.29, 1.82) is 5.26 Å². The fourth-order valence-corrected chi connectivity index (χ4v) is 5.85. The summed E-state index contributed by atoms with van der Waals surface area (Å²) in [7, 11) is 0. The molecule has 2 aliphatic rings. The Labute approximate surface area is 195 Å². The van der Waals surface area contributed by atoms with Crippen molar-refractivity contribution >= 4 is 17.1 Å². The van der Waals surface area contributed by atoms with Crippen molar-refractivity contribution in [3.8, 4) is 6.07 Å². The van der Waals surface area contributed by atoms with Gasteiger partial charge in [-0.25, -0.2) is 14.2 Å². The Morgan fingerprint density at radius 3 is 2.55 bits per heavy atom. The highest BCUT2D eigenvalue weighted by Gasteiger charge is 2.32. The van der Waals surface area contributed by atoms with E-state index in [1.807, 2.05) is 6.92 Å². The van der Waals surface area contributed by atoms with E-state index in [-0.39, 0.29) is 17.8 Å². The molecule has 1 unspecified atom stereocenters. The van der Waals surface area contributed by atoms with Gasteiger partial charge in [-0.1, -0.05) is 19.3 Å². The predicted octanol–water partition coefficient (Wildman–Crippen LogP) is 3.01. The van der Waals surface area contributed by atoms with E-state index in [1.54, 1.807) is 22.8 Å². The minimum absolute atomic E-state index is 0.0453. The number of nitrogens with zero attached hydrogens (tertiary/aromatic N) is 4. The third-order valence-corrected chi connectivity index (χ3v) is 7.56. The summed E-state index contributed by atoms with van der Waals surface area (Å²) in [5.74, 6) is 0.741. The van der Waals surface area contributed by atoms with E-state index in [1.165, 1.54) is 36.7 Å². The van der Waals surface area contributed by atoms with Crippen LogP contribution in [0.25, 0.3) is 11.0 Å². The fraction of sp³-hybridized carbons (Fsp3) is 0.640. The maximum absolute atomic E-state index is 13.1. The van der Waals surface area contributed by atoms with E-state index in [0.717, 1.165) is 44.8 Å². The summed E-state index contributed by atoms with van der Waals surface area (Å²) in [5, 5.41) is 12.3. The molecular weight excluding hydrogens is 416 g/mol. The van der Waals surface area contributed by atoms with Crippen molar-refractivity contribution in [2.24, 2.45) is 11.7 Å². The molecule has 1 amide bonds. The maximum atomic E-state index is 13.1. The molecule has 8 nitrogen and oxygen atoms in total. The number of rotatable bonds is 6. The molecule has 2 heterocycles. The summed E-state index contributed by atoms with van der Waals surface area (Å²) < 4.78 is 2.76. The van der Waals surface area contributed by atoms with Crippen molar-refractivity contribution in [2.75, 3.05) is 19.6 Å². The van der Waals surface area contributed by atoms with Crippen LogP contribution in [0.2, 0.25) is 0 Å². The number of aromatic nitrogens is 2. The molecule has 2 fully saturated rings. The summed E-state index contributed by atoms with van der Waals surface area (Å²) in [5.41, 5.74) is 7.22. The molecule has 0 spiro atoms. The molecule has 178 valence electrons. The van der Waals surface area contributed by atoms with Gasteiger partial charge in [0.05, 0.1) is 22.7 Å². The van der Waals surface area contributed by atoms with Gasteiger partial charge in [-0.2, -0.15) is 5.26 Å². The maximum Gasteiger partial charge on any atom is 0.337 e. The molecule has 1 aromatic carbocycles. The number of carbonyl (C=O) groups excluding carboxylic acids is 1.